The fourth-order valence-electron chi connectivity index (χ4n) is 2.36. The monoisotopic (exact) mass is 342 g/mol. The van der Waals surface area contributed by atoms with Crippen LogP contribution in [0.1, 0.15) is 0 Å². The normalized spacial score (nSPS) is 12.1. The largest absolute Gasteiger partial charge is 0.380 e. The zero-order valence-electron chi connectivity index (χ0n) is 12.2. The molecule has 0 radical (unpaired) electrons. The Kier molecular flexibility index (Phi) is 5.19. The van der Waals surface area contributed by atoms with E-state index >= 15 is 0 Å². The van der Waals surface area contributed by atoms with Crippen LogP contribution in [0.5, 0.6) is 5.75 Å². The minimum Gasteiger partial charge on any atom is -0.380 e. The van der Waals surface area contributed by atoms with Gasteiger partial charge in [0.15, 0.2) is 0 Å². The summed E-state index contributed by atoms with van der Waals surface area (Å²) >= 11 is -2.32. The number of rotatable bonds is 5. The maximum Gasteiger partial charge on any atom is 0.357 e. The van der Waals surface area contributed by atoms with Crippen molar-refractivity contribution in [2.75, 3.05) is 0 Å². The average Bonchev–Trinajstić information content (AvgIpc) is 2.57. The van der Waals surface area contributed by atoms with Crippen molar-refractivity contribution in [3.05, 3.63) is 84.9 Å². The smallest absolute Gasteiger partial charge is 0.357 e. The molecule has 116 valence electrons. The zero-order valence-corrected chi connectivity index (χ0v) is 13.9. The van der Waals surface area contributed by atoms with Gasteiger partial charge in [0.1, 0.15) is 5.75 Å². The lowest BCUT2D eigenvalue weighted by Crippen LogP contribution is -2.20. The summed E-state index contributed by atoms with van der Waals surface area (Å²) in [4.78, 5) is 0. The Bertz CT molecular complexity index is 754. The lowest BCUT2D eigenvalue weighted by atomic mass is 10.3. The van der Waals surface area contributed by atoms with Crippen LogP contribution in [0.15, 0.2) is 84.9 Å². The summed E-state index contributed by atoms with van der Waals surface area (Å²) in [5.41, 5.74) is 0. The van der Waals surface area contributed by atoms with Crippen molar-refractivity contribution in [1.82, 2.24) is 0 Å². The molecule has 0 aliphatic rings. The van der Waals surface area contributed by atoms with Gasteiger partial charge in [0, 0.05) is 0 Å². The van der Waals surface area contributed by atoms with Crippen LogP contribution in [0.4, 0.5) is 0 Å². The van der Waals surface area contributed by atoms with E-state index in [2.05, 4.69) is 24.3 Å². The SMILES string of the molecule is O=S(O)Oc1cccc(P(c2ccccc2)c2ccccc2)c1. The second-order valence-electron chi connectivity index (χ2n) is 4.80. The van der Waals surface area contributed by atoms with Crippen LogP contribution in [-0.2, 0) is 11.4 Å². The lowest BCUT2D eigenvalue weighted by Gasteiger charge is -2.19. The Morgan fingerprint density at radius 2 is 1.26 bits per heavy atom. The molecular formula is C18H15O3PS. The summed E-state index contributed by atoms with van der Waals surface area (Å²) in [5.74, 6) is 0.391. The molecule has 0 spiro atoms. The molecule has 0 fully saturated rings. The molecule has 23 heavy (non-hydrogen) atoms. The molecule has 3 aromatic carbocycles. The van der Waals surface area contributed by atoms with Gasteiger partial charge in [-0.1, -0.05) is 72.8 Å². The third kappa shape index (κ3) is 4.05. The topological polar surface area (TPSA) is 46.5 Å². The molecule has 0 bridgehead atoms. The molecule has 0 aromatic heterocycles. The highest BCUT2D eigenvalue weighted by molar-refractivity contribution is 7.79. The van der Waals surface area contributed by atoms with Gasteiger partial charge < -0.3 is 4.18 Å². The van der Waals surface area contributed by atoms with Crippen molar-refractivity contribution in [1.29, 1.82) is 0 Å². The van der Waals surface area contributed by atoms with Gasteiger partial charge >= 0.3 is 11.4 Å². The molecule has 5 heteroatoms. The van der Waals surface area contributed by atoms with Crippen molar-refractivity contribution < 1.29 is 12.9 Å². The maximum absolute atomic E-state index is 10.9. The average molecular weight is 342 g/mol. The van der Waals surface area contributed by atoms with Gasteiger partial charge in [-0.25, -0.2) is 0 Å². The van der Waals surface area contributed by atoms with Gasteiger partial charge in [0.2, 0.25) is 0 Å². The van der Waals surface area contributed by atoms with Crippen molar-refractivity contribution in [3.8, 4) is 5.75 Å². The van der Waals surface area contributed by atoms with Gasteiger partial charge in [-0.3, -0.25) is 4.55 Å². The molecule has 1 atom stereocenters. The molecule has 0 saturated heterocycles. The van der Waals surface area contributed by atoms with E-state index in [0.717, 1.165) is 5.30 Å². The van der Waals surface area contributed by atoms with Crippen LogP contribution < -0.4 is 20.1 Å². The van der Waals surface area contributed by atoms with Crippen molar-refractivity contribution >= 4 is 35.2 Å². The van der Waals surface area contributed by atoms with Crippen molar-refractivity contribution in [3.63, 3.8) is 0 Å². The Morgan fingerprint density at radius 3 is 1.78 bits per heavy atom. The number of hydrogen-bond acceptors (Lipinski definition) is 2. The standard InChI is InChI=1S/C18H15O3PS/c19-23(20)21-15-8-7-13-18(14-15)22(16-9-3-1-4-10-16)17-11-5-2-6-12-17/h1-14H,(H,19,20). The van der Waals surface area contributed by atoms with Crippen LogP contribution in [0, 0.1) is 0 Å². The minimum absolute atomic E-state index is 0.391. The number of benzene rings is 3. The van der Waals surface area contributed by atoms with E-state index in [1.54, 1.807) is 6.07 Å². The number of hydrogen-bond donors (Lipinski definition) is 1. The van der Waals surface area contributed by atoms with Crippen molar-refractivity contribution in [2.45, 2.75) is 0 Å². The Hall–Kier alpha value is -2.00. The van der Waals surface area contributed by atoms with Gasteiger partial charge in [0.25, 0.3) is 0 Å². The van der Waals surface area contributed by atoms with E-state index in [1.165, 1.54) is 10.6 Å². The van der Waals surface area contributed by atoms with Crippen molar-refractivity contribution in [2.24, 2.45) is 0 Å². The molecule has 3 nitrogen and oxygen atoms in total. The molecule has 0 amide bonds. The highest BCUT2D eigenvalue weighted by Crippen LogP contribution is 2.33. The predicted octanol–water partition coefficient (Wildman–Crippen LogP) is 2.96. The fourth-order valence-corrected chi connectivity index (χ4v) is 4.95. The molecule has 3 aromatic rings. The van der Waals surface area contributed by atoms with E-state index in [9.17, 15) is 4.21 Å². The summed E-state index contributed by atoms with van der Waals surface area (Å²) in [7, 11) is -0.748. The summed E-state index contributed by atoms with van der Waals surface area (Å²) in [6.45, 7) is 0. The third-order valence-corrected chi connectivity index (χ3v) is 6.03. The summed E-state index contributed by atoms with van der Waals surface area (Å²) < 4.78 is 24.7. The van der Waals surface area contributed by atoms with Crippen LogP contribution in [0.3, 0.4) is 0 Å². The van der Waals surface area contributed by atoms with Crippen LogP contribution in [-0.4, -0.2) is 8.76 Å². The molecule has 0 saturated carbocycles. The minimum atomic E-state index is -2.32. The van der Waals surface area contributed by atoms with E-state index in [4.69, 9.17) is 8.74 Å². The van der Waals surface area contributed by atoms with Gasteiger partial charge in [0.05, 0.1) is 0 Å². The molecule has 1 unspecified atom stereocenters. The highest BCUT2D eigenvalue weighted by Gasteiger charge is 2.16. The second-order valence-corrected chi connectivity index (χ2v) is 7.63. The molecular weight excluding hydrogens is 327 g/mol. The van der Waals surface area contributed by atoms with Gasteiger partial charge in [-0.05, 0) is 36.0 Å². The van der Waals surface area contributed by atoms with E-state index < -0.39 is 19.3 Å². The molecule has 1 N–H and O–H groups in total. The third-order valence-electron chi connectivity index (χ3n) is 3.27. The van der Waals surface area contributed by atoms with Gasteiger partial charge in [-0.2, -0.15) is 4.21 Å². The first-order valence-electron chi connectivity index (χ1n) is 7.03. The van der Waals surface area contributed by atoms with Crippen LogP contribution in [0.2, 0.25) is 0 Å². The predicted molar refractivity (Wildman–Crippen MR) is 96.5 cm³/mol. The van der Waals surface area contributed by atoms with E-state index in [0.29, 0.717) is 5.75 Å². The summed E-state index contributed by atoms with van der Waals surface area (Å²) in [6.07, 6.45) is 0. The lowest BCUT2D eigenvalue weighted by molar-refractivity contribution is 0.458. The highest BCUT2D eigenvalue weighted by atomic mass is 32.2. The van der Waals surface area contributed by atoms with Gasteiger partial charge in [-0.15, -0.1) is 0 Å². The molecule has 0 heterocycles. The Morgan fingerprint density at radius 1 is 0.739 bits per heavy atom. The van der Waals surface area contributed by atoms with E-state index in [-0.39, 0.29) is 0 Å². The summed E-state index contributed by atoms with van der Waals surface area (Å²) in [5, 5.41) is 3.51. The molecule has 0 aliphatic heterocycles. The molecule has 0 aliphatic carbocycles. The Balaban J connectivity index is 2.07. The second kappa shape index (κ2) is 7.51. The maximum atomic E-state index is 10.9. The van der Waals surface area contributed by atoms with E-state index in [1.807, 2.05) is 54.6 Å². The first kappa shape index (κ1) is 15.9. The quantitative estimate of drug-likeness (QED) is 0.573. The van der Waals surface area contributed by atoms with Crippen LogP contribution in [0.25, 0.3) is 0 Å². The van der Waals surface area contributed by atoms with Crippen LogP contribution >= 0.6 is 7.92 Å². The fraction of sp³-hybridized carbons (Fsp3) is 0. The Labute approximate surface area is 139 Å². The first-order valence-corrected chi connectivity index (χ1v) is 9.41. The molecule has 3 rings (SSSR count). The first-order chi connectivity index (χ1) is 11.2. The zero-order chi connectivity index (χ0) is 16.1. The summed E-state index contributed by atoms with van der Waals surface area (Å²) in [6, 6.07) is 27.9.